The van der Waals surface area contributed by atoms with Crippen molar-refractivity contribution in [1.82, 2.24) is 14.7 Å². The van der Waals surface area contributed by atoms with E-state index in [1.807, 2.05) is 19.9 Å². The molecule has 3 rings (SSSR count). The summed E-state index contributed by atoms with van der Waals surface area (Å²) in [6, 6.07) is 6.15. The van der Waals surface area contributed by atoms with Crippen molar-refractivity contribution in [2.45, 2.75) is 52.2 Å². The topological polar surface area (TPSA) is 58.4 Å². The molecule has 1 N–H and O–H groups in total. The van der Waals surface area contributed by atoms with Crippen molar-refractivity contribution in [3.05, 3.63) is 47.0 Å². The maximum absolute atomic E-state index is 14.6. The second-order valence-corrected chi connectivity index (χ2v) is 6.81. The second-order valence-electron chi connectivity index (χ2n) is 6.81. The van der Waals surface area contributed by atoms with Crippen LogP contribution in [0.5, 0.6) is 0 Å². The molecule has 0 bridgehead atoms. The third-order valence-corrected chi connectivity index (χ3v) is 4.80. The molecule has 0 saturated carbocycles. The molecule has 1 saturated heterocycles. The number of carbonyl (C=O) groups is 1. The number of benzene rings is 1. The number of nitrogens with zero attached hydrogens (tertiary/aromatic N) is 3. The molecular weight excluding hydrogens is 321 g/mol. The molecule has 0 radical (unpaired) electrons. The van der Waals surface area contributed by atoms with Crippen molar-refractivity contribution in [3.63, 3.8) is 0 Å². The number of aryl methyl sites for hydroxylation is 2. The Hall–Kier alpha value is -2.21. The molecular formula is C19H24FN3O2. The first-order valence-electron chi connectivity index (χ1n) is 8.70. The molecule has 1 aromatic carbocycles. The molecule has 5 nitrogen and oxygen atoms in total. The van der Waals surface area contributed by atoms with E-state index in [-0.39, 0.29) is 11.9 Å². The van der Waals surface area contributed by atoms with Gasteiger partial charge in [0.05, 0.1) is 17.8 Å². The van der Waals surface area contributed by atoms with Crippen LogP contribution in [0.15, 0.2) is 24.3 Å². The number of aromatic nitrogens is 2. The van der Waals surface area contributed by atoms with Crippen molar-refractivity contribution in [2.24, 2.45) is 0 Å². The third-order valence-electron chi connectivity index (χ3n) is 4.80. The zero-order valence-corrected chi connectivity index (χ0v) is 14.9. The lowest BCUT2D eigenvalue weighted by atomic mass is 9.97. The number of hydrogen-bond donors (Lipinski definition) is 1. The fourth-order valence-electron chi connectivity index (χ4n) is 3.56. The third kappa shape index (κ3) is 3.44. The van der Waals surface area contributed by atoms with E-state index in [1.165, 1.54) is 6.07 Å². The maximum atomic E-state index is 14.6. The smallest absolute Gasteiger partial charge is 0.254 e. The molecule has 25 heavy (non-hydrogen) atoms. The number of amides is 1. The summed E-state index contributed by atoms with van der Waals surface area (Å²) in [5, 5.41) is 14.2. The molecule has 1 fully saturated rings. The van der Waals surface area contributed by atoms with Crippen LogP contribution in [0.3, 0.4) is 0 Å². The molecule has 2 heterocycles. The van der Waals surface area contributed by atoms with Gasteiger partial charge in [-0.25, -0.2) is 9.07 Å². The van der Waals surface area contributed by atoms with Gasteiger partial charge < -0.3 is 10.0 Å². The summed E-state index contributed by atoms with van der Waals surface area (Å²) in [4.78, 5) is 14.5. The Bertz CT molecular complexity index is 785. The summed E-state index contributed by atoms with van der Waals surface area (Å²) in [6.45, 7) is 6.00. The summed E-state index contributed by atoms with van der Waals surface area (Å²) < 4.78 is 16.2. The summed E-state index contributed by atoms with van der Waals surface area (Å²) in [6.07, 6.45) is 2.07. The van der Waals surface area contributed by atoms with Crippen molar-refractivity contribution < 1.29 is 14.3 Å². The first kappa shape index (κ1) is 17.6. The van der Waals surface area contributed by atoms with Crippen LogP contribution in [0.2, 0.25) is 0 Å². The molecule has 0 spiro atoms. The fourth-order valence-corrected chi connectivity index (χ4v) is 3.56. The lowest BCUT2D eigenvalue weighted by Crippen LogP contribution is -2.48. The van der Waals surface area contributed by atoms with E-state index in [0.717, 1.165) is 30.7 Å². The molecule has 134 valence electrons. The van der Waals surface area contributed by atoms with E-state index >= 15 is 0 Å². The lowest BCUT2D eigenvalue weighted by Gasteiger charge is -2.37. The van der Waals surface area contributed by atoms with Gasteiger partial charge in [0.25, 0.3) is 5.91 Å². The first-order valence-corrected chi connectivity index (χ1v) is 8.70. The van der Waals surface area contributed by atoms with Gasteiger partial charge in [-0.15, -0.1) is 0 Å². The van der Waals surface area contributed by atoms with E-state index < -0.39 is 11.9 Å². The van der Waals surface area contributed by atoms with Crippen molar-refractivity contribution >= 4 is 5.91 Å². The number of halogens is 1. The van der Waals surface area contributed by atoms with Crippen LogP contribution < -0.4 is 0 Å². The van der Waals surface area contributed by atoms with Crippen LogP contribution in [0.4, 0.5) is 4.39 Å². The Morgan fingerprint density at radius 2 is 2.08 bits per heavy atom. The molecule has 1 aliphatic heterocycles. The highest BCUT2D eigenvalue weighted by atomic mass is 19.1. The van der Waals surface area contributed by atoms with E-state index in [4.69, 9.17) is 0 Å². The number of hydrogen-bond acceptors (Lipinski definition) is 3. The number of rotatable bonds is 3. The zero-order chi connectivity index (χ0) is 18.1. The Labute approximate surface area is 147 Å². The highest BCUT2D eigenvalue weighted by Gasteiger charge is 2.30. The monoisotopic (exact) mass is 345 g/mol. The predicted molar refractivity (Wildman–Crippen MR) is 93.4 cm³/mol. The normalized spacial score (nSPS) is 19.1. The Morgan fingerprint density at radius 3 is 2.68 bits per heavy atom. The van der Waals surface area contributed by atoms with Crippen LogP contribution in [0.1, 0.15) is 47.9 Å². The zero-order valence-electron chi connectivity index (χ0n) is 14.9. The van der Waals surface area contributed by atoms with E-state index in [1.54, 1.807) is 28.6 Å². The van der Waals surface area contributed by atoms with Gasteiger partial charge in [-0.3, -0.25) is 4.79 Å². The minimum atomic E-state index is -0.594. The Balaban J connectivity index is 1.89. The maximum Gasteiger partial charge on any atom is 0.254 e. The van der Waals surface area contributed by atoms with Gasteiger partial charge in [-0.1, -0.05) is 0 Å². The van der Waals surface area contributed by atoms with Crippen LogP contribution in [-0.4, -0.2) is 44.4 Å². The lowest BCUT2D eigenvalue weighted by molar-refractivity contribution is 0.0280. The van der Waals surface area contributed by atoms with Gasteiger partial charge in [-0.2, -0.15) is 5.10 Å². The molecule has 1 aliphatic rings. The second kappa shape index (κ2) is 6.96. The largest absolute Gasteiger partial charge is 0.391 e. The number of carbonyl (C=O) groups excluding carboxylic acids is 1. The van der Waals surface area contributed by atoms with Gasteiger partial charge in [-0.05, 0) is 64.3 Å². The van der Waals surface area contributed by atoms with Gasteiger partial charge in [0.1, 0.15) is 11.5 Å². The van der Waals surface area contributed by atoms with Crippen molar-refractivity contribution in [3.8, 4) is 5.69 Å². The quantitative estimate of drug-likeness (QED) is 0.930. The minimum Gasteiger partial charge on any atom is -0.391 e. The SMILES string of the molecule is Cc1cc(C)n(-c2ccc(C(=O)N3CCCCC3C(C)O)cc2F)n1. The Morgan fingerprint density at radius 1 is 1.32 bits per heavy atom. The summed E-state index contributed by atoms with van der Waals surface area (Å²) >= 11 is 0. The van der Waals surface area contributed by atoms with Gasteiger partial charge >= 0.3 is 0 Å². The van der Waals surface area contributed by atoms with Crippen LogP contribution >= 0.6 is 0 Å². The number of piperidine rings is 1. The first-order chi connectivity index (χ1) is 11.9. The number of likely N-dealkylation sites (tertiary alicyclic amines) is 1. The molecule has 2 unspecified atom stereocenters. The molecule has 2 atom stereocenters. The van der Waals surface area contributed by atoms with Gasteiger partial charge in [0, 0.05) is 17.8 Å². The molecule has 0 aliphatic carbocycles. The molecule has 1 aromatic heterocycles. The van der Waals surface area contributed by atoms with Crippen LogP contribution in [0, 0.1) is 19.7 Å². The van der Waals surface area contributed by atoms with Gasteiger partial charge in [0.2, 0.25) is 0 Å². The number of aliphatic hydroxyl groups is 1. The van der Waals surface area contributed by atoms with E-state index in [2.05, 4.69) is 5.10 Å². The van der Waals surface area contributed by atoms with Crippen molar-refractivity contribution in [1.29, 1.82) is 0 Å². The summed E-state index contributed by atoms with van der Waals surface area (Å²) in [7, 11) is 0. The minimum absolute atomic E-state index is 0.208. The van der Waals surface area contributed by atoms with Gasteiger partial charge in [0.15, 0.2) is 0 Å². The standard InChI is InChI=1S/C19H24FN3O2/c1-12-10-13(2)23(21-12)18-8-7-15(11-16(18)20)19(25)22-9-5-4-6-17(22)14(3)24/h7-8,10-11,14,17,24H,4-6,9H2,1-3H3. The van der Waals surface area contributed by atoms with E-state index in [9.17, 15) is 14.3 Å². The van der Waals surface area contributed by atoms with Crippen molar-refractivity contribution in [2.75, 3.05) is 6.54 Å². The van der Waals surface area contributed by atoms with Crippen LogP contribution in [0.25, 0.3) is 5.69 Å². The summed E-state index contributed by atoms with van der Waals surface area (Å²) in [5.41, 5.74) is 2.27. The molecule has 1 amide bonds. The predicted octanol–water partition coefficient (Wildman–Crippen LogP) is 3.00. The summed E-state index contributed by atoms with van der Waals surface area (Å²) in [5.74, 6) is -0.716. The highest BCUT2D eigenvalue weighted by Crippen LogP contribution is 2.24. The highest BCUT2D eigenvalue weighted by molar-refractivity contribution is 5.94. The average molecular weight is 345 g/mol. The van der Waals surface area contributed by atoms with Crippen LogP contribution in [-0.2, 0) is 0 Å². The molecule has 6 heteroatoms. The average Bonchev–Trinajstić information content (AvgIpc) is 2.92. The van der Waals surface area contributed by atoms with E-state index in [0.29, 0.717) is 17.8 Å². The fraction of sp³-hybridized carbons (Fsp3) is 0.474. The number of aliphatic hydroxyl groups excluding tert-OH is 1. The Kier molecular flexibility index (Phi) is 4.90. The molecule has 2 aromatic rings.